The van der Waals surface area contributed by atoms with Crippen LogP contribution in [0.25, 0.3) is 0 Å². The van der Waals surface area contributed by atoms with Gasteiger partial charge in [-0.2, -0.15) is 0 Å². The minimum absolute atomic E-state index is 0.115. The van der Waals surface area contributed by atoms with Crippen molar-refractivity contribution in [3.63, 3.8) is 0 Å². The molecule has 0 aromatic heterocycles. The number of carboxylic acid groups (broad SMARTS) is 1. The first kappa shape index (κ1) is 11.0. The summed E-state index contributed by atoms with van der Waals surface area (Å²) in [4.78, 5) is 21.7. The van der Waals surface area contributed by atoms with Crippen molar-refractivity contribution in [3.8, 4) is 11.5 Å². The largest absolute Gasteiger partial charge is 0.504 e. The van der Waals surface area contributed by atoms with E-state index in [2.05, 4.69) is 0 Å². The van der Waals surface area contributed by atoms with Crippen LogP contribution in [0.15, 0.2) is 6.07 Å². The molecule has 1 aromatic carbocycles. The minimum atomic E-state index is -1.59. The van der Waals surface area contributed by atoms with Gasteiger partial charge >= 0.3 is 5.97 Å². The molecule has 1 rings (SSSR count). The summed E-state index contributed by atoms with van der Waals surface area (Å²) in [5.41, 5.74) is 0.521. The molecule has 0 amide bonds. The van der Waals surface area contributed by atoms with Gasteiger partial charge in [-0.05, 0) is 31.0 Å². The Morgan fingerprint density at radius 3 is 2.13 bits per heavy atom. The molecule has 0 saturated heterocycles. The van der Waals surface area contributed by atoms with Crippen LogP contribution < -0.4 is 0 Å². The van der Waals surface area contributed by atoms with E-state index < -0.39 is 17.5 Å². The van der Waals surface area contributed by atoms with Crippen LogP contribution in [-0.4, -0.2) is 27.1 Å². The first-order valence-corrected chi connectivity index (χ1v) is 4.16. The number of hydrogen-bond acceptors (Lipinski definition) is 4. The molecule has 0 atom stereocenters. The van der Waals surface area contributed by atoms with E-state index in [0.717, 1.165) is 6.07 Å². The molecule has 0 saturated carbocycles. The lowest BCUT2D eigenvalue weighted by Gasteiger charge is -2.09. The third-order valence-electron chi connectivity index (χ3n) is 2.28. The van der Waals surface area contributed by atoms with Gasteiger partial charge in [0.2, 0.25) is 0 Å². The zero-order chi connectivity index (χ0) is 11.7. The lowest BCUT2D eigenvalue weighted by atomic mass is 9.98. The Labute approximate surface area is 85.6 Å². The predicted octanol–water partition coefficient (Wildman–Crippen LogP) is 0.982. The maximum absolute atomic E-state index is 11.2. The number of Topliss-reactive ketones (excluding diaryl/α,β-unsaturated/α-hetero) is 1. The molecule has 0 radical (unpaired) electrons. The Morgan fingerprint density at radius 2 is 1.67 bits per heavy atom. The van der Waals surface area contributed by atoms with Crippen LogP contribution in [0.5, 0.6) is 11.5 Å². The van der Waals surface area contributed by atoms with Gasteiger partial charge in [0, 0.05) is 5.56 Å². The van der Waals surface area contributed by atoms with Crippen molar-refractivity contribution >= 4 is 11.8 Å². The van der Waals surface area contributed by atoms with Crippen molar-refractivity contribution in [1.29, 1.82) is 0 Å². The van der Waals surface area contributed by atoms with E-state index >= 15 is 0 Å². The number of ketones is 1. The first-order valence-electron chi connectivity index (χ1n) is 4.16. The van der Waals surface area contributed by atoms with E-state index in [0.29, 0.717) is 11.1 Å². The third-order valence-corrected chi connectivity index (χ3v) is 2.28. The number of phenols is 2. The van der Waals surface area contributed by atoms with Crippen molar-refractivity contribution in [3.05, 3.63) is 22.8 Å². The van der Waals surface area contributed by atoms with Gasteiger partial charge in [-0.25, -0.2) is 4.79 Å². The third kappa shape index (κ3) is 1.76. The van der Waals surface area contributed by atoms with Crippen molar-refractivity contribution in [2.24, 2.45) is 0 Å². The van der Waals surface area contributed by atoms with Gasteiger partial charge in [0.1, 0.15) is 0 Å². The highest BCUT2D eigenvalue weighted by Gasteiger charge is 2.21. The average molecular weight is 210 g/mol. The molecule has 3 N–H and O–H groups in total. The molecular weight excluding hydrogens is 200 g/mol. The Kier molecular flexibility index (Phi) is 2.65. The highest BCUT2D eigenvalue weighted by atomic mass is 16.4. The molecule has 15 heavy (non-hydrogen) atoms. The molecule has 0 fully saturated rings. The molecule has 0 aliphatic rings. The smallest absolute Gasteiger partial charge is 0.377 e. The van der Waals surface area contributed by atoms with Crippen LogP contribution in [0, 0.1) is 13.8 Å². The van der Waals surface area contributed by atoms with Crippen molar-refractivity contribution in [2.75, 3.05) is 0 Å². The molecule has 0 heterocycles. The summed E-state index contributed by atoms with van der Waals surface area (Å²) in [6.45, 7) is 2.99. The SMILES string of the molecule is Cc1c(C(=O)C(=O)O)cc(O)c(O)c1C. The van der Waals surface area contributed by atoms with Crippen molar-refractivity contribution < 1.29 is 24.9 Å². The second-order valence-electron chi connectivity index (χ2n) is 3.18. The van der Waals surface area contributed by atoms with Crippen LogP contribution in [0.3, 0.4) is 0 Å². The molecule has 0 spiro atoms. The summed E-state index contributed by atoms with van der Waals surface area (Å²) in [6.07, 6.45) is 0. The van der Waals surface area contributed by atoms with Crippen molar-refractivity contribution in [1.82, 2.24) is 0 Å². The van der Waals surface area contributed by atoms with Crippen LogP contribution in [0.1, 0.15) is 21.5 Å². The minimum Gasteiger partial charge on any atom is -0.504 e. The fraction of sp³-hybridized carbons (Fsp3) is 0.200. The number of aliphatic carboxylic acids is 1. The van der Waals surface area contributed by atoms with Crippen LogP contribution in [-0.2, 0) is 4.79 Å². The summed E-state index contributed by atoms with van der Waals surface area (Å²) >= 11 is 0. The summed E-state index contributed by atoms with van der Waals surface area (Å²) in [5.74, 6) is -3.54. The second-order valence-corrected chi connectivity index (χ2v) is 3.18. The van der Waals surface area contributed by atoms with Gasteiger partial charge in [0.25, 0.3) is 5.78 Å². The Balaban J connectivity index is 3.45. The highest BCUT2D eigenvalue weighted by Crippen LogP contribution is 2.33. The zero-order valence-electron chi connectivity index (χ0n) is 8.24. The number of rotatable bonds is 2. The van der Waals surface area contributed by atoms with Crippen molar-refractivity contribution in [2.45, 2.75) is 13.8 Å². The van der Waals surface area contributed by atoms with Crippen LogP contribution >= 0.6 is 0 Å². The van der Waals surface area contributed by atoms with Gasteiger partial charge in [-0.15, -0.1) is 0 Å². The van der Waals surface area contributed by atoms with E-state index in [1.807, 2.05) is 0 Å². The number of carbonyl (C=O) groups is 2. The lowest BCUT2D eigenvalue weighted by molar-refractivity contribution is -0.131. The normalized spacial score (nSPS) is 10.0. The van der Waals surface area contributed by atoms with E-state index in [9.17, 15) is 19.8 Å². The molecule has 5 nitrogen and oxygen atoms in total. The van der Waals surface area contributed by atoms with E-state index in [1.165, 1.54) is 13.8 Å². The average Bonchev–Trinajstić information content (AvgIpc) is 2.19. The Hall–Kier alpha value is -2.04. The maximum atomic E-state index is 11.2. The number of hydrogen-bond donors (Lipinski definition) is 3. The van der Waals surface area contributed by atoms with Crippen LogP contribution in [0.2, 0.25) is 0 Å². The fourth-order valence-electron chi connectivity index (χ4n) is 1.24. The highest BCUT2D eigenvalue weighted by molar-refractivity contribution is 6.40. The summed E-state index contributed by atoms with van der Waals surface area (Å²) in [7, 11) is 0. The molecule has 0 unspecified atom stereocenters. The molecule has 0 aliphatic heterocycles. The molecule has 0 aliphatic carbocycles. The first-order chi connectivity index (χ1) is 6.86. The topological polar surface area (TPSA) is 94.8 Å². The summed E-state index contributed by atoms with van der Waals surface area (Å²) in [5, 5.41) is 27.1. The monoisotopic (exact) mass is 210 g/mol. The number of benzene rings is 1. The number of phenolic OH excluding ortho intramolecular Hbond substituents is 2. The van der Waals surface area contributed by atoms with Gasteiger partial charge in [-0.1, -0.05) is 0 Å². The molecule has 1 aromatic rings. The molecule has 0 bridgehead atoms. The van der Waals surface area contributed by atoms with E-state index in [4.69, 9.17) is 5.11 Å². The van der Waals surface area contributed by atoms with Gasteiger partial charge < -0.3 is 15.3 Å². The number of carboxylic acids is 1. The Bertz CT molecular complexity index is 448. The van der Waals surface area contributed by atoms with E-state index in [-0.39, 0.29) is 11.3 Å². The molecular formula is C10H10O5. The maximum Gasteiger partial charge on any atom is 0.377 e. The van der Waals surface area contributed by atoms with Crippen LogP contribution in [0.4, 0.5) is 0 Å². The lowest BCUT2D eigenvalue weighted by Crippen LogP contribution is -2.14. The van der Waals surface area contributed by atoms with Gasteiger partial charge in [0.15, 0.2) is 11.5 Å². The van der Waals surface area contributed by atoms with Gasteiger partial charge in [0.05, 0.1) is 0 Å². The standard InChI is InChI=1S/C10H10O5/c1-4-5(2)8(12)7(11)3-6(4)9(13)10(14)15/h3,11-12H,1-2H3,(H,14,15). The summed E-state index contributed by atoms with van der Waals surface area (Å²) in [6, 6.07) is 0.952. The fourth-order valence-corrected chi connectivity index (χ4v) is 1.24. The summed E-state index contributed by atoms with van der Waals surface area (Å²) < 4.78 is 0. The number of aromatic hydroxyl groups is 2. The van der Waals surface area contributed by atoms with E-state index in [1.54, 1.807) is 0 Å². The quantitative estimate of drug-likeness (QED) is 0.384. The Morgan fingerprint density at radius 1 is 1.13 bits per heavy atom. The zero-order valence-corrected chi connectivity index (χ0v) is 8.24. The van der Waals surface area contributed by atoms with Gasteiger partial charge in [-0.3, -0.25) is 4.79 Å². The number of carbonyl (C=O) groups excluding carboxylic acids is 1. The second kappa shape index (κ2) is 3.61. The predicted molar refractivity (Wildman–Crippen MR) is 51.2 cm³/mol. The molecule has 5 heteroatoms. The molecule has 80 valence electrons.